The van der Waals surface area contributed by atoms with Crippen LogP contribution in [0.15, 0.2) is 23.9 Å². The smallest absolute Gasteiger partial charge is 0.398 e. The van der Waals surface area contributed by atoms with Gasteiger partial charge in [0.1, 0.15) is 11.5 Å². The highest BCUT2D eigenvalue weighted by Crippen LogP contribution is 2.39. The number of hydrogen-bond acceptors (Lipinski definition) is 3. The molecule has 0 atom stereocenters. The number of rotatable bonds is 4. The summed E-state index contributed by atoms with van der Waals surface area (Å²) >= 11 is 0. The maximum Gasteiger partial charge on any atom is 0.525 e. The minimum Gasteiger partial charge on any atom is -0.398 e. The molecule has 1 fully saturated rings. The molecule has 0 saturated carbocycles. The van der Waals surface area contributed by atoms with Gasteiger partial charge in [-0.05, 0) is 57.9 Å². The second-order valence-electron chi connectivity index (χ2n) is 6.99. The van der Waals surface area contributed by atoms with Crippen molar-refractivity contribution in [1.29, 1.82) is 0 Å². The first-order valence-corrected chi connectivity index (χ1v) is 8.28. The number of aliphatic hydroxyl groups excluding tert-OH is 1. The van der Waals surface area contributed by atoms with Crippen LogP contribution in [0.1, 0.15) is 51.7 Å². The number of hydrogen-bond donors (Lipinski definition) is 1. The average Bonchev–Trinajstić information content (AvgIpc) is 2.75. The van der Waals surface area contributed by atoms with E-state index in [1.807, 2.05) is 27.7 Å². The van der Waals surface area contributed by atoms with Crippen LogP contribution in [0, 0.1) is 17.7 Å². The molecular weight excluding hydrogens is 325 g/mol. The van der Waals surface area contributed by atoms with Crippen molar-refractivity contribution >= 4 is 13.2 Å². The van der Waals surface area contributed by atoms with Gasteiger partial charge in [0.15, 0.2) is 0 Å². The van der Waals surface area contributed by atoms with Gasteiger partial charge in [-0.3, -0.25) is 0 Å². The van der Waals surface area contributed by atoms with Crippen LogP contribution >= 0.6 is 0 Å². The predicted octanol–water partition coefficient (Wildman–Crippen LogP) is 3.89. The quantitative estimate of drug-likeness (QED) is 0.510. The summed E-state index contributed by atoms with van der Waals surface area (Å²) in [5.74, 6) is 5.03. The van der Waals surface area contributed by atoms with Crippen molar-refractivity contribution < 1.29 is 23.2 Å². The Bertz CT molecular complexity index is 701. The van der Waals surface area contributed by atoms with Gasteiger partial charge in [-0.15, -0.1) is 0 Å². The fourth-order valence-electron chi connectivity index (χ4n) is 2.24. The molecule has 1 heterocycles. The molecule has 1 aromatic rings. The molecule has 0 radical (unpaired) electrons. The van der Waals surface area contributed by atoms with Gasteiger partial charge in [0.25, 0.3) is 0 Å². The first kappa shape index (κ1) is 19.6. The third kappa shape index (κ3) is 4.69. The molecule has 6 heteroatoms. The zero-order chi connectivity index (χ0) is 18.7. The van der Waals surface area contributed by atoms with Gasteiger partial charge < -0.3 is 14.4 Å². The van der Waals surface area contributed by atoms with Gasteiger partial charge in [-0.25, -0.2) is 8.78 Å². The summed E-state index contributed by atoms with van der Waals surface area (Å²) in [5.41, 5.74) is -1.18. The van der Waals surface area contributed by atoms with Crippen molar-refractivity contribution in [1.82, 2.24) is 0 Å². The van der Waals surface area contributed by atoms with Gasteiger partial charge in [0.05, 0.1) is 16.8 Å². The molecule has 1 aliphatic heterocycles. The molecule has 25 heavy (non-hydrogen) atoms. The highest BCUT2D eigenvalue weighted by molar-refractivity contribution is 6.54. The monoisotopic (exact) mass is 348 g/mol. The van der Waals surface area contributed by atoms with Crippen molar-refractivity contribution in [2.75, 3.05) is 6.61 Å². The van der Waals surface area contributed by atoms with E-state index in [1.54, 1.807) is 0 Å². The van der Waals surface area contributed by atoms with Crippen LogP contribution in [0.2, 0.25) is 0 Å². The van der Waals surface area contributed by atoms with Crippen molar-refractivity contribution in [3.05, 3.63) is 40.9 Å². The zero-order valence-corrected chi connectivity index (χ0v) is 15.0. The van der Waals surface area contributed by atoms with E-state index in [-0.39, 0.29) is 12.2 Å². The van der Waals surface area contributed by atoms with Crippen LogP contribution in [0.3, 0.4) is 0 Å². The molecule has 1 aliphatic rings. The summed E-state index contributed by atoms with van der Waals surface area (Å²) in [6, 6.07) is 4.20. The van der Waals surface area contributed by atoms with Crippen LogP contribution in [0.5, 0.6) is 0 Å². The fraction of sp³-hybridized carbons (Fsp3) is 0.474. The fourth-order valence-corrected chi connectivity index (χ4v) is 2.24. The van der Waals surface area contributed by atoms with E-state index in [2.05, 4.69) is 11.8 Å². The molecule has 0 unspecified atom stereocenters. The maximum absolute atomic E-state index is 14.5. The largest absolute Gasteiger partial charge is 0.525 e. The molecule has 0 aliphatic carbocycles. The van der Waals surface area contributed by atoms with E-state index in [9.17, 15) is 8.78 Å². The van der Waals surface area contributed by atoms with Crippen LogP contribution in [0.4, 0.5) is 8.78 Å². The summed E-state index contributed by atoms with van der Waals surface area (Å²) in [6.07, 6.45) is 2.27. The van der Waals surface area contributed by atoms with E-state index in [0.29, 0.717) is 18.4 Å². The lowest BCUT2D eigenvalue weighted by molar-refractivity contribution is 0.00578. The SMILES string of the molecule is CC1(C)OB(C(F)=Cc2ccc(F)c(C#CCCCO)c2)OC1(C)C. The highest BCUT2D eigenvalue weighted by Gasteiger charge is 2.53. The van der Waals surface area contributed by atoms with Crippen LogP contribution in [0.25, 0.3) is 6.08 Å². The van der Waals surface area contributed by atoms with Gasteiger partial charge in [-0.1, -0.05) is 17.9 Å². The summed E-state index contributed by atoms with van der Waals surface area (Å²) in [5, 5.41) is 8.72. The molecule has 0 aromatic heterocycles. The Morgan fingerprint density at radius 1 is 1.24 bits per heavy atom. The molecule has 0 bridgehead atoms. The molecule has 1 N–H and O–H groups in total. The Kier molecular flexibility index (Phi) is 6.05. The number of benzene rings is 1. The normalized spacial score (nSPS) is 18.8. The van der Waals surface area contributed by atoms with Gasteiger partial charge in [0.2, 0.25) is 0 Å². The maximum atomic E-state index is 14.5. The van der Waals surface area contributed by atoms with Gasteiger partial charge >= 0.3 is 7.12 Å². The first-order chi connectivity index (χ1) is 11.7. The van der Waals surface area contributed by atoms with E-state index >= 15 is 0 Å². The highest BCUT2D eigenvalue weighted by atomic mass is 19.1. The van der Waals surface area contributed by atoms with Gasteiger partial charge in [-0.2, -0.15) is 0 Å². The third-order valence-electron chi connectivity index (χ3n) is 4.46. The molecular formula is C19H23BF2O3. The van der Waals surface area contributed by atoms with E-state index in [0.717, 1.165) is 0 Å². The van der Waals surface area contributed by atoms with Crippen molar-refractivity contribution in [2.45, 2.75) is 51.7 Å². The third-order valence-corrected chi connectivity index (χ3v) is 4.46. The van der Waals surface area contributed by atoms with Crippen LogP contribution in [-0.2, 0) is 9.31 Å². The van der Waals surface area contributed by atoms with E-state index in [4.69, 9.17) is 14.4 Å². The number of unbranched alkanes of at least 4 members (excludes halogenated alkanes) is 1. The Morgan fingerprint density at radius 3 is 2.48 bits per heavy atom. The molecule has 0 amide bonds. The number of halogens is 2. The summed E-state index contributed by atoms with van der Waals surface area (Å²) < 4.78 is 39.6. The second-order valence-corrected chi connectivity index (χ2v) is 6.99. The summed E-state index contributed by atoms with van der Waals surface area (Å²) in [7, 11) is -1.09. The molecule has 1 saturated heterocycles. The standard InChI is InChI=1S/C19H23BF2O3/c1-18(2)19(3,4)25-20(24-18)17(22)13-14-9-10-16(21)15(12-14)8-6-5-7-11-23/h9-10,12-13,23H,5,7,11H2,1-4H3. The average molecular weight is 348 g/mol. The summed E-state index contributed by atoms with van der Waals surface area (Å²) in [6.45, 7) is 7.42. The lowest BCUT2D eigenvalue weighted by atomic mass is 9.86. The Morgan fingerprint density at radius 2 is 1.88 bits per heavy atom. The first-order valence-electron chi connectivity index (χ1n) is 8.28. The molecule has 2 rings (SSSR count). The molecule has 1 aromatic carbocycles. The lowest BCUT2D eigenvalue weighted by Crippen LogP contribution is -2.41. The summed E-state index contributed by atoms with van der Waals surface area (Å²) in [4.78, 5) is 0. The second kappa shape index (κ2) is 7.69. The van der Waals surface area contributed by atoms with Crippen LogP contribution < -0.4 is 0 Å². The molecule has 3 nitrogen and oxygen atoms in total. The van der Waals surface area contributed by atoms with Gasteiger partial charge in [0, 0.05) is 13.0 Å². The Hall–Kier alpha value is -1.68. The van der Waals surface area contributed by atoms with E-state index in [1.165, 1.54) is 24.3 Å². The van der Waals surface area contributed by atoms with Crippen LogP contribution in [-0.4, -0.2) is 30.0 Å². The van der Waals surface area contributed by atoms with Crippen molar-refractivity contribution in [3.8, 4) is 11.8 Å². The molecule has 134 valence electrons. The minimum absolute atomic E-state index is 0.0409. The van der Waals surface area contributed by atoms with Crippen molar-refractivity contribution in [3.63, 3.8) is 0 Å². The lowest BCUT2D eigenvalue weighted by Gasteiger charge is -2.32. The Labute approximate surface area is 148 Å². The van der Waals surface area contributed by atoms with Crippen molar-refractivity contribution in [2.24, 2.45) is 0 Å². The zero-order valence-electron chi connectivity index (χ0n) is 15.0. The molecule has 0 spiro atoms. The predicted molar refractivity (Wildman–Crippen MR) is 94.8 cm³/mol. The Balaban J connectivity index is 2.19. The van der Waals surface area contributed by atoms with E-state index < -0.39 is 29.9 Å². The topological polar surface area (TPSA) is 38.7 Å². The number of aliphatic hydroxyl groups is 1. The minimum atomic E-state index is -1.09.